The Kier molecular flexibility index (Phi) is 3.90. The van der Waals surface area contributed by atoms with Gasteiger partial charge >= 0.3 is 5.97 Å². The maximum absolute atomic E-state index is 11.6. The van der Waals surface area contributed by atoms with E-state index >= 15 is 0 Å². The average molecular weight is 279 g/mol. The molecule has 0 aliphatic carbocycles. The number of carbonyl (C=O) groups excluding carboxylic acids is 1. The summed E-state index contributed by atoms with van der Waals surface area (Å²) in [6.45, 7) is 4.06. The van der Waals surface area contributed by atoms with Gasteiger partial charge in [-0.05, 0) is 31.5 Å². The molecule has 0 N–H and O–H groups in total. The highest BCUT2D eigenvalue weighted by atomic mass is 35.5. The van der Waals surface area contributed by atoms with Crippen LogP contribution in [0.2, 0.25) is 5.15 Å². The molecule has 100 valence electrons. The molecule has 0 unspecified atom stereocenters. The number of esters is 1. The van der Waals surface area contributed by atoms with Gasteiger partial charge < -0.3 is 4.74 Å². The van der Waals surface area contributed by atoms with Gasteiger partial charge in [-0.1, -0.05) is 23.7 Å². The van der Waals surface area contributed by atoms with Crippen LogP contribution in [-0.2, 0) is 11.8 Å². The molecule has 1 heterocycles. The van der Waals surface area contributed by atoms with E-state index in [9.17, 15) is 4.79 Å². The number of aryl methyl sites for hydroxylation is 2. The second-order valence-electron chi connectivity index (χ2n) is 4.17. The average Bonchev–Trinajstić information content (AvgIpc) is 2.64. The Morgan fingerprint density at radius 2 is 2.00 bits per heavy atom. The standard InChI is InChI=1S/C14H15ClN2O2/c1-4-19-14(18)11-7-5-10(6-8-11)12-9(2)16-17(3)13(12)15/h5-8H,4H2,1-3H3. The third-order valence-electron chi connectivity index (χ3n) is 2.84. The molecule has 0 aliphatic rings. The summed E-state index contributed by atoms with van der Waals surface area (Å²) in [6.07, 6.45) is 0. The molecule has 0 radical (unpaired) electrons. The zero-order valence-electron chi connectivity index (χ0n) is 11.1. The van der Waals surface area contributed by atoms with Gasteiger partial charge in [-0.25, -0.2) is 4.79 Å². The molecule has 0 saturated heterocycles. The molecule has 4 nitrogen and oxygen atoms in total. The Morgan fingerprint density at radius 1 is 1.37 bits per heavy atom. The van der Waals surface area contributed by atoms with E-state index in [-0.39, 0.29) is 5.97 Å². The van der Waals surface area contributed by atoms with Crippen LogP contribution in [0, 0.1) is 6.92 Å². The molecular weight excluding hydrogens is 264 g/mol. The summed E-state index contributed by atoms with van der Waals surface area (Å²) in [5.41, 5.74) is 3.21. The Hall–Kier alpha value is -1.81. The van der Waals surface area contributed by atoms with Crippen LogP contribution in [0.1, 0.15) is 23.0 Å². The second kappa shape index (κ2) is 5.45. The van der Waals surface area contributed by atoms with Crippen molar-refractivity contribution >= 4 is 17.6 Å². The van der Waals surface area contributed by atoms with Crippen molar-refractivity contribution in [1.29, 1.82) is 0 Å². The van der Waals surface area contributed by atoms with Crippen molar-refractivity contribution in [3.63, 3.8) is 0 Å². The van der Waals surface area contributed by atoms with E-state index in [1.54, 1.807) is 30.8 Å². The Bertz CT molecular complexity index is 603. The smallest absolute Gasteiger partial charge is 0.338 e. The summed E-state index contributed by atoms with van der Waals surface area (Å²) in [7, 11) is 1.80. The van der Waals surface area contributed by atoms with Crippen LogP contribution in [0.5, 0.6) is 0 Å². The van der Waals surface area contributed by atoms with Gasteiger partial charge in [-0.3, -0.25) is 4.68 Å². The fourth-order valence-corrected chi connectivity index (χ4v) is 2.23. The van der Waals surface area contributed by atoms with Crippen LogP contribution in [-0.4, -0.2) is 22.4 Å². The van der Waals surface area contributed by atoms with Crippen molar-refractivity contribution in [2.75, 3.05) is 6.61 Å². The Labute approximate surface area is 116 Å². The molecule has 2 rings (SSSR count). The molecule has 0 aliphatic heterocycles. The lowest BCUT2D eigenvalue weighted by Crippen LogP contribution is -2.04. The van der Waals surface area contributed by atoms with Crippen molar-refractivity contribution < 1.29 is 9.53 Å². The molecule has 0 amide bonds. The first-order valence-corrected chi connectivity index (χ1v) is 6.39. The minimum Gasteiger partial charge on any atom is -0.462 e. The summed E-state index contributed by atoms with van der Waals surface area (Å²) in [6, 6.07) is 7.16. The number of hydrogen-bond acceptors (Lipinski definition) is 3. The van der Waals surface area contributed by atoms with Gasteiger partial charge in [0.1, 0.15) is 5.15 Å². The molecule has 0 atom stereocenters. The van der Waals surface area contributed by atoms with E-state index in [4.69, 9.17) is 16.3 Å². The predicted molar refractivity (Wildman–Crippen MR) is 74.3 cm³/mol. The largest absolute Gasteiger partial charge is 0.462 e. The number of rotatable bonds is 3. The van der Waals surface area contributed by atoms with Crippen molar-refractivity contribution in [3.05, 3.63) is 40.7 Å². The zero-order chi connectivity index (χ0) is 14.0. The van der Waals surface area contributed by atoms with E-state index in [0.717, 1.165) is 16.8 Å². The van der Waals surface area contributed by atoms with E-state index in [1.165, 1.54) is 0 Å². The second-order valence-corrected chi connectivity index (χ2v) is 4.53. The summed E-state index contributed by atoms with van der Waals surface area (Å²) in [4.78, 5) is 11.6. The normalized spacial score (nSPS) is 10.5. The first kappa shape index (κ1) is 13.6. The van der Waals surface area contributed by atoms with Crippen LogP contribution in [0.4, 0.5) is 0 Å². The molecule has 0 spiro atoms. The number of aromatic nitrogens is 2. The maximum Gasteiger partial charge on any atom is 0.338 e. The van der Waals surface area contributed by atoms with Gasteiger partial charge in [-0.2, -0.15) is 5.10 Å². The maximum atomic E-state index is 11.6. The van der Waals surface area contributed by atoms with Crippen LogP contribution >= 0.6 is 11.6 Å². The van der Waals surface area contributed by atoms with Crippen LogP contribution in [0.3, 0.4) is 0 Å². The summed E-state index contributed by atoms with van der Waals surface area (Å²) >= 11 is 6.21. The van der Waals surface area contributed by atoms with Gasteiger partial charge in [0, 0.05) is 12.6 Å². The van der Waals surface area contributed by atoms with E-state index in [2.05, 4.69) is 5.10 Å². The quantitative estimate of drug-likeness (QED) is 0.810. The fraction of sp³-hybridized carbons (Fsp3) is 0.286. The molecule has 2 aromatic rings. The minimum atomic E-state index is -0.317. The van der Waals surface area contributed by atoms with Crippen molar-refractivity contribution in [2.45, 2.75) is 13.8 Å². The van der Waals surface area contributed by atoms with Crippen molar-refractivity contribution in [2.24, 2.45) is 7.05 Å². The number of benzene rings is 1. The lowest BCUT2D eigenvalue weighted by Gasteiger charge is -2.04. The van der Waals surface area contributed by atoms with Gasteiger partial charge in [0.2, 0.25) is 0 Å². The minimum absolute atomic E-state index is 0.317. The highest BCUT2D eigenvalue weighted by Gasteiger charge is 2.14. The molecule has 0 fully saturated rings. The van der Waals surface area contributed by atoms with E-state index in [0.29, 0.717) is 17.3 Å². The van der Waals surface area contributed by atoms with Gasteiger partial charge in [-0.15, -0.1) is 0 Å². The topological polar surface area (TPSA) is 44.1 Å². The molecule has 5 heteroatoms. The highest BCUT2D eigenvalue weighted by Crippen LogP contribution is 2.30. The van der Waals surface area contributed by atoms with Crippen LogP contribution < -0.4 is 0 Å². The predicted octanol–water partition coefficient (Wildman–Crippen LogP) is 3.23. The SMILES string of the molecule is CCOC(=O)c1ccc(-c2c(C)nn(C)c2Cl)cc1. The van der Waals surface area contributed by atoms with E-state index < -0.39 is 0 Å². The first-order chi connectivity index (χ1) is 9.04. The van der Waals surface area contributed by atoms with Gasteiger partial charge in [0.25, 0.3) is 0 Å². The Balaban J connectivity index is 2.35. The number of halogens is 1. The number of ether oxygens (including phenoxy) is 1. The summed E-state index contributed by atoms with van der Waals surface area (Å²) in [5, 5.41) is 4.85. The number of nitrogens with zero attached hydrogens (tertiary/aromatic N) is 2. The number of hydrogen-bond donors (Lipinski definition) is 0. The molecule has 0 bridgehead atoms. The Morgan fingerprint density at radius 3 is 2.47 bits per heavy atom. The molecule has 0 saturated carbocycles. The highest BCUT2D eigenvalue weighted by molar-refractivity contribution is 6.32. The van der Waals surface area contributed by atoms with Gasteiger partial charge in [0.05, 0.1) is 17.9 Å². The van der Waals surface area contributed by atoms with Crippen molar-refractivity contribution in [1.82, 2.24) is 9.78 Å². The zero-order valence-corrected chi connectivity index (χ0v) is 11.9. The molecular formula is C14H15ClN2O2. The summed E-state index contributed by atoms with van der Waals surface area (Å²) < 4.78 is 6.57. The lowest BCUT2D eigenvalue weighted by atomic mass is 10.0. The first-order valence-electron chi connectivity index (χ1n) is 6.01. The number of carbonyl (C=O) groups is 1. The molecule has 1 aromatic carbocycles. The van der Waals surface area contributed by atoms with Crippen molar-refractivity contribution in [3.8, 4) is 11.1 Å². The molecule has 1 aromatic heterocycles. The third kappa shape index (κ3) is 2.63. The lowest BCUT2D eigenvalue weighted by molar-refractivity contribution is 0.0526. The fourth-order valence-electron chi connectivity index (χ4n) is 1.95. The third-order valence-corrected chi connectivity index (χ3v) is 3.27. The van der Waals surface area contributed by atoms with Crippen LogP contribution in [0.15, 0.2) is 24.3 Å². The van der Waals surface area contributed by atoms with E-state index in [1.807, 2.05) is 19.1 Å². The molecule has 19 heavy (non-hydrogen) atoms. The monoisotopic (exact) mass is 278 g/mol. The van der Waals surface area contributed by atoms with Crippen LogP contribution in [0.25, 0.3) is 11.1 Å². The summed E-state index contributed by atoms with van der Waals surface area (Å²) in [5.74, 6) is -0.317. The van der Waals surface area contributed by atoms with Gasteiger partial charge in [0.15, 0.2) is 0 Å².